The lowest BCUT2D eigenvalue weighted by Gasteiger charge is -2.05. The van der Waals surface area contributed by atoms with Crippen molar-refractivity contribution in [1.82, 2.24) is 0 Å². The zero-order valence-electron chi connectivity index (χ0n) is 7.97. The normalized spacial score (nSPS) is 9.21. The molecule has 0 saturated heterocycles. The first kappa shape index (κ1) is 10.3. The van der Waals surface area contributed by atoms with E-state index in [1.807, 2.05) is 6.92 Å². The van der Waals surface area contributed by atoms with Crippen LogP contribution in [0.2, 0.25) is 0 Å². The smallest absolute Gasteiger partial charge is 0.143 e. The highest BCUT2D eigenvalue weighted by Crippen LogP contribution is 2.13. The van der Waals surface area contributed by atoms with Crippen LogP contribution in [0.4, 0.5) is 10.1 Å². The lowest BCUT2D eigenvalue weighted by Crippen LogP contribution is -2.02. The molecule has 0 bridgehead atoms. The Morgan fingerprint density at radius 2 is 2.36 bits per heavy atom. The van der Waals surface area contributed by atoms with Crippen LogP contribution < -0.4 is 5.32 Å². The molecule has 14 heavy (non-hydrogen) atoms. The van der Waals surface area contributed by atoms with Gasteiger partial charge in [-0.2, -0.15) is 5.26 Å². The summed E-state index contributed by atoms with van der Waals surface area (Å²) in [6, 6.07) is 6.20. The lowest BCUT2D eigenvalue weighted by molar-refractivity contribution is 0.624. The van der Waals surface area contributed by atoms with Gasteiger partial charge >= 0.3 is 0 Å². The van der Waals surface area contributed by atoms with Crippen LogP contribution >= 0.6 is 0 Å². The van der Waals surface area contributed by atoms with Crippen molar-refractivity contribution >= 4 is 5.69 Å². The third-order valence-electron chi connectivity index (χ3n) is 1.68. The summed E-state index contributed by atoms with van der Waals surface area (Å²) >= 11 is 0. The highest BCUT2D eigenvalue weighted by Gasteiger charge is 2.01. The van der Waals surface area contributed by atoms with Crippen LogP contribution in [0.15, 0.2) is 30.4 Å². The van der Waals surface area contributed by atoms with Crippen LogP contribution in [-0.4, -0.2) is 6.54 Å². The van der Waals surface area contributed by atoms with Gasteiger partial charge in [-0.25, -0.2) is 4.39 Å². The van der Waals surface area contributed by atoms with Gasteiger partial charge in [-0.15, -0.1) is 0 Å². The van der Waals surface area contributed by atoms with Crippen LogP contribution in [0.25, 0.3) is 0 Å². The third kappa shape index (κ3) is 2.60. The van der Waals surface area contributed by atoms with Gasteiger partial charge in [0.15, 0.2) is 0 Å². The molecule has 72 valence electrons. The van der Waals surface area contributed by atoms with E-state index in [0.717, 1.165) is 5.57 Å². The van der Waals surface area contributed by atoms with Crippen LogP contribution in [0.1, 0.15) is 12.5 Å². The number of benzene rings is 1. The predicted molar refractivity (Wildman–Crippen MR) is 54.4 cm³/mol. The number of nitriles is 1. The Labute approximate surface area is 82.7 Å². The summed E-state index contributed by atoms with van der Waals surface area (Å²) in [6.45, 7) is 6.20. The SMILES string of the molecule is C=C(C)CNc1ccc(C#N)c(F)c1. The summed E-state index contributed by atoms with van der Waals surface area (Å²) in [7, 11) is 0. The molecule has 1 aromatic rings. The van der Waals surface area contributed by atoms with Crippen molar-refractivity contribution in [2.75, 3.05) is 11.9 Å². The van der Waals surface area contributed by atoms with E-state index in [4.69, 9.17) is 5.26 Å². The lowest BCUT2D eigenvalue weighted by atomic mass is 10.2. The van der Waals surface area contributed by atoms with Gasteiger partial charge in [0.2, 0.25) is 0 Å². The van der Waals surface area contributed by atoms with Crippen LogP contribution in [0, 0.1) is 17.1 Å². The number of anilines is 1. The first-order valence-electron chi connectivity index (χ1n) is 4.21. The van der Waals surface area contributed by atoms with Crippen LogP contribution in [0.3, 0.4) is 0 Å². The zero-order valence-corrected chi connectivity index (χ0v) is 7.97. The molecule has 0 atom stereocenters. The molecule has 0 aromatic heterocycles. The Hall–Kier alpha value is -1.82. The summed E-state index contributed by atoms with van der Waals surface area (Å²) in [5.41, 5.74) is 1.69. The number of hydrogen-bond acceptors (Lipinski definition) is 2. The van der Waals surface area contributed by atoms with Crippen LogP contribution in [-0.2, 0) is 0 Å². The average molecular weight is 190 g/mol. The standard InChI is InChI=1S/C11H11FN2/c1-8(2)7-14-10-4-3-9(6-13)11(12)5-10/h3-5,14H,1,7H2,2H3. The van der Waals surface area contributed by atoms with Gasteiger partial charge in [-0.05, 0) is 25.1 Å². The second-order valence-corrected chi connectivity index (χ2v) is 3.12. The molecule has 2 nitrogen and oxygen atoms in total. The maximum Gasteiger partial charge on any atom is 0.143 e. The van der Waals surface area contributed by atoms with Gasteiger partial charge in [0, 0.05) is 12.2 Å². The maximum atomic E-state index is 13.1. The number of rotatable bonds is 3. The van der Waals surface area contributed by atoms with Gasteiger partial charge < -0.3 is 5.32 Å². The molecule has 0 saturated carbocycles. The summed E-state index contributed by atoms with van der Waals surface area (Å²) in [4.78, 5) is 0. The summed E-state index contributed by atoms with van der Waals surface area (Å²) < 4.78 is 13.1. The van der Waals surface area contributed by atoms with Crippen molar-refractivity contribution in [3.8, 4) is 6.07 Å². The number of hydrogen-bond donors (Lipinski definition) is 1. The molecular weight excluding hydrogens is 179 g/mol. The maximum absolute atomic E-state index is 13.1. The fourth-order valence-electron chi connectivity index (χ4n) is 0.969. The van der Waals surface area contributed by atoms with E-state index >= 15 is 0 Å². The first-order chi connectivity index (χ1) is 6.63. The quantitative estimate of drug-likeness (QED) is 0.744. The molecule has 0 heterocycles. The van der Waals surface area contributed by atoms with E-state index < -0.39 is 5.82 Å². The van der Waals surface area contributed by atoms with Crippen molar-refractivity contribution in [2.24, 2.45) is 0 Å². The average Bonchev–Trinajstić information content (AvgIpc) is 2.15. The van der Waals surface area contributed by atoms with Crippen LogP contribution in [0.5, 0.6) is 0 Å². The molecule has 0 aliphatic rings. The Bertz CT molecular complexity index is 391. The Morgan fingerprint density at radius 1 is 1.64 bits per heavy atom. The van der Waals surface area contributed by atoms with Gasteiger partial charge in [-0.1, -0.05) is 12.2 Å². The molecule has 0 unspecified atom stereocenters. The van der Waals surface area contributed by atoms with E-state index in [9.17, 15) is 4.39 Å². The monoisotopic (exact) mass is 190 g/mol. The molecule has 0 amide bonds. The van der Waals surface area contributed by atoms with Gasteiger partial charge in [0.25, 0.3) is 0 Å². The highest BCUT2D eigenvalue weighted by molar-refractivity contribution is 5.48. The molecule has 0 radical (unpaired) electrons. The molecule has 0 fully saturated rings. The second kappa shape index (κ2) is 4.43. The van der Waals surface area contributed by atoms with Crippen molar-refractivity contribution in [3.63, 3.8) is 0 Å². The van der Waals surface area contributed by atoms with E-state index in [-0.39, 0.29) is 5.56 Å². The van der Waals surface area contributed by atoms with E-state index in [1.54, 1.807) is 12.1 Å². The minimum absolute atomic E-state index is 0.0610. The van der Waals surface area contributed by atoms with E-state index in [0.29, 0.717) is 12.2 Å². The van der Waals surface area contributed by atoms with Crippen molar-refractivity contribution < 1.29 is 4.39 Å². The van der Waals surface area contributed by atoms with E-state index in [2.05, 4.69) is 11.9 Å². The topological polar surface area (TPSA) is 35.8 Å². The Balaban J connectivity index is 2.77. The zero-order chi connectivity index (χ0) is 10.6. The van der Waals surface area contributed by atoms with Gasteiger partial charge in [0.05, 0.1) is 5.56 Å². The summed E-state index contributed by atoms with van der Waals surface area (Å²) in [6.07, 6.45) is 0. The molecule has 1 rings (SSSR count). The molecule has 1 N–H and O–H groups in total. The predicted octanol–water partition coefficient (Wildman–Crippen LogP) is 2.69. The fraction of sp³-hybridized carbons (Fsp3) is 0.182. The molecule has 0 aliphatic heterocycles. The number of nitrogens with one attached hydrogen (secondary N) is 1. The molecule has 0 aliphatic carbocycles. The third-order valence-corrected chi connectivity index (χ3v) is 1.68. The van der Waals surface area contributed by atoms with Crippen molar-refractivity contribution in [3.05, 3.63) is 41.7 Å². The molecular formula is C11H11FN2. The largest absolute Gasteiger partial charge is 0.381 e. The number of nitrogens with zero attached hydrogens (tertiary/aromatic N) is 1. The minimum atomic E-state index is -0.501. The minimum Gasteiger partial charge on any atom is -0.381 e. The van der Waals surface area contributed by atoms with E-state index in [1.165, 1.54) is 12.1 Å². The Morgan fingerprint density at radius 3 is 2.86 bits per heavy atom. The van der Waals surface area contributed by atoms with Gasteiger partial charge in [0.1, 0.15) is 11.9 Å². The fourth-order valence-corrected chi connectivity index (χ4v) is 0.969. The van der Waals surface area contributed by atoms with Crippen molar-refractivity contribution in [2.45, 2.75) is 6.92 Å². The molecule has 1 aromatic carbocycles. The molecule has 3 heteroatoms. The van der Waals surface area contributed by atoms with Crippen molar-refractivity contribution in [1.29, 1.82) is 5.26 Å². The first-order valence-corrected chi connectivity index (χ1v) is 4.21. The number of halogens is 1. The highest BCUT2D eigenvalue weighted by atomic mass is 19.1. The molecule has 0 spiro atoms. The Kier molecular flexibility index (Phi) is 3.24. The summed E-state index contributed by atoms with van der Waals surface area (Å²) in [5.74, 6) is -0.501. The van der Waals surface area contributed by atoms with Gasteiger partial charge in [-0.3, -0.25) is 0 Å². The second-order valence-electron chi connectivity index (χ2n) is 3.12. The summed E-state index contributed by atoms with van der Waals surface area (Å²) in [5, 5.41) is 11.5.